The fraction of sp³-hybridized carbons (Fsp3) is 0.656. The first-order valence-electron chi connectivity index (χ1n) is 15.8. The van der Waals surface area contributed by atoms with Crippen LogP contribution in [0.3, 0.4) is 0 Å². The van der Waals surface area contributed by atoms with E-state index < -0.39 is 24.0 Å². The second-order valence-electron chi connectivity index (χ2n) is 12.8. The van der Waals surface area contributed by atoms with Gasteiger partial charge in [0.05, 0.1) is 17.6 Å². The summed E-state index contributed by atoms with van der Waals surface area (Å²) in [5.74, 6) is 0.816. The summed E-state index contributed by atoms with van der Waals surface area (Å²) in [5.41, 5.74) is 5.49. The summed E-state index contributed by atoms with van der Waals surface area (Å²) in [6, 6.07) is 9.08. The molecule has 42 heavy (non-hydrogen) atoms. The number of likely N-dealkylation sites (tertiary alicyclic amines) is 1. The van der Waals surface area contributed by atoms with Gasteiger partial charge in [0.15, 0.2) is 12.3 Å². The van der Waals surface area contributed by atoms with E-state index in [-0.39, 0.29) is 24.1 Å². The first-order valence-corrected chi connectivity index (χ1v) is 15.8. The Labute approximate surface area is 246 Å². The van der Waals surface area contributed by atoms with Gasteiger partial charge in [-0.2, -0.15) is 0 Å². The molecule has 10 heteroatoms. The number of amides is 1. The number of carbonyl (C=O) groups is 2. The molecule has 3 saturated carbocycles. The highest BCUT2D eigenvalue weighted by atomic mass is 16.6. The van der Waals surface area contributed by atoms with Crippen LogP contribution in [0.1, 0.15) is 89.8 Å². The zero-order valence-electron chi connectivity index (χ0n) is 24.7. The molecule has 226 valence electrons. The first-order chi connectivity index (χ1) is 20.4. The Kier molecular flexibility index (Phi) is 8.34. The van der Waals surface area contributed by atoms with Crippen LogP contribution in [0.4, 0.5) is 0 Å². The number of ether oxygens (including phenoxy) is 1. The van der Waals surface area contributed by atoms with Gasteiger partial charge < -0.3 is 19.9 Å². The van der Waals surface area contributed by atoms with E-state index in [1.807, 2.05) is 24.3 Å². The van der Waals surface area contributed by atoms with Gasteiger partial charge in [0.25, 0.3) is 11.5 Å². The van der Waals surface area contributed by atoms with Crippen LogP contribution in [0.15, 0.2) is 34.2 Å². The van der Waals surface area contributed by atoms with Crippen LogP contribution in [0.2, 0.25) is 0 Å². The van der Waals surface area contributed by atoms with E-state index in [9.17, 15) is 14.4 Å². The van der Waals surface area contributed by atoms with Crippen LogP contribution < -0.4 is 11.3 Å². The highest BCUT2D eigenvalue weighted by Crippen LogP contribution is 2.52. The lowest BCUT2D eigenvalue weighted by atomic mass is 9.67. The van der Waals surface area contributed by atoms with E-state index >= 15 is 0 Å². The molecule has 3 unspecified atom stereocenters. The standard InChI is InChI=1S/C32H43N5O5/c1-3-41-32(40)30(35-42-18-28(33)38)29-31(39)36(26-12-5-4-11-24(26)34-29)19(2)14-27-23-10-7-13-25(23)37(27)22-16-20-8-6-9-21(15-20)17-22/h4-5,11-12,19-23,25,27H,3,6-10,13-18H2,1-2H3,(H2,33,38)/b35-30-/t19-,20?,21?,22?,23?,25+,27+/m0/s1. The number of rotatable bonds is 10. The maximum Gasteiger partial charge on any atom is 0.362 e. The van der Waals surface area contributed by atoms with Crippen LogP contribution in [0, 0.1) is 17.8 Å². The number of esters is 1. The number of hydrogen-bond acceptors (Lipinski definition) is 8. The number of nitrogens with zero attached hydrogens (tertiary/aromatic N) is 4. The Hall–Kier alpha value is -3.27. The quantitative estimate of drug-likeness (QED) is 0.257. The van der Waals surface area contributed by atoms with Crippen molar-refractivity contribution in [1.29, 1.82) is 0 Å². The van der Waals surface area contributed by atoms with Crippen LogP contribution in [0.5, 0.6) is 0 Å². The third kappa shape index (κ3) is 5.45. The van der Waals surface area contributed by atoms with E-state index in [2.05, 4.69) is 22.0 Å². The number of para-hydroxylation sites is 2. The number of carbonyl (C=O) groups excluding carboxylic acids is 2. The minimum Gasteiger partial charge on any atom is -0.461 e. The molecule has 0 spiro atoms. The third-order valence-electron chi connectivity index (χ3n) is 10.2. The predicted octanol–water partition coefficient (Wildman–Crippen LogP) is 3.94. The van der Waals surface area contributed by atoms with Gasteiger partial charge in [0.2, 0.25) is 5.71 Å². The maximum absolute atomic E-state index is 14.2. The summed E-state index contributed by atoms with van der Waals surface area (Å²) in [7, 11) is 0. The lowest BCUT2D eigenvalue weighted by Crippen LogP contribution is -2.66. The first kappa shape index (κ1) is 28.8. The molecule has 6 atom stereocenters. The number of fused-ring (bicyclic) bond motifs is 4. The summed E-state index contributed by atoms with van der Waals surface area (Å²) in [4.78, 5) is 50.7. The molecule has 2 aromatic rings. The lowest BCUT2D eigenvalue weighted by Gasteiger charge is -2.59. The van der Waals surface area contributed by atoms with Gasteiger partial charge in [0, 0.05) is 24.2 Å². The van der Waals surface area contributed by atoms with Crippen molar-refractivity contribution >= 4 is 28.6 Å². The molecule has 3 aliphatic carbocycles. The molecule has 2 heterocycles. The highest BCUT2D eigenvalue weighted by molar-refractivity contribution is 6.42. The zero-order chi connectivity index (χ0) is 29.4. The normalized spacial score (nSPS) is 29.9. The summed E-state index contributed by atoms with van der Waals surface area (Å²) in [6.45, 7) is 3.30. The van der Waals surface area contributed by atoms with Gasteiger partial charge in [0.1, 0.15) is 0 Å². The average Bonchev–Trinajstić information content (AvgIpc) is 3.37. The Bertz CT molecular complexity index is 1410. The number of aromatic nitrogens is 2. The topological polar surface area (TPSA) is 129 Å². The molecule has 1 aliphatic heterocycles. The SMILES string of the molecule is CCOC(=O)/C(=N\OCC(N)=O)c1nc2ccccc2n([C@@H](C)C[C@@H]2C3CCC[C@H]3N2C2CC3CCCC(C3)C2)c1=O. The lowest BCUT2D eigenvalue weighted by molar-refractivity contribution is -0.135. The number of nitrogens with two attached hydrogens (primary N) is 1. The van der Waals surface area contributed by atoms with Crippen molar-refractivity contribution in [3.63, 3.8) is 0 Å². The van der Waals surface area contributed by atoms with Gasteiger partial charge in [-0.15, -0.1) is 0 Å². The van der Waals surface area contributed by atoms with Gasteiger partial charge >= 0.3 is 5.97 Å². The third-order valence-corrected chi connectivity index (χ3v) is 10.2. The van der Waals surface area contributed by atoms with E-state index in [4.69, 9.17) is 15.3 Å². The molecular formula is C32H43N5O5. The van der Waals surface area contributed by atoms with Crippen molar-refractivity contribution < 1.29 is 19.2 Å². The number of benzene rings is 1. The fourth-order valence-electron chi connectivity index (χ4n) is 8.67. The molecule has 4 aliphatic rings. The van der Waals surface area contributed by atoms with Gasteiger partial charge in [-0.25, -0.2) is 9.78 Å². The van der Waals surface area contributed by atoms with Crippen LogP contribution in [0.25, 0.3) is 11.0 Å². The average molecular weight is 578 g/mol. The molecule has 10 nitrogen and oxygen atoms in total. The fourth-order valence-corrected chi connectivity index (χ4v) is 8.67. The van der Waals surface area contributed by atoms with Crippen molar-refractivity contribution in [2.45, 2.75) is 102 Å². The molecule has 0 radical (unpaired) electrons. The number of primary amides is 1. The van der Waals surface area contributed by atoms with Crippen molar-refractivity contribution in [1.82, 2.24) is 14.5 Å². The Balaban J connectivity index is 1.33. The second-order valence-corrected chi connectivity index (χ2v) is 12.8. The smallest absolute Gasteiger partial charge is 0.362 e. The summed E-state index contributed by atoms with van der Waals surface area (Å²) in [6.07, 6.45) is 12.9. The Morgan fingerprint density at radius 1 is 1.10 bits per heavy atom. The predicted molar refractivity (Wildman–Crippen MR) is 159 cm³/mol. The maximum atomic E-state index is 14.2. The molecule has 1 amide bonds. The number of hydrogen-bond donors (Lipinski definition) is 1. The molecule has 1 saturated heterocycles. The summed E-state index contributed by atoms with van der Waals surface area (Å²) < 4.78 is 6.93. The van der Waals surface area contributed by atoms with Gasteiger partial charge in [-0.3, -0.25) is 14.5 Å². The van der Waals surface area contributed by atoms with Crippen LogP contribution in [-0.2, 0) is 19.2 Å². The zero-order valence-corrected chi connectivity index (χ0v) is 24.7. The van der Waals surface area contributed by atoms with Gasteiger partial charge in [-0.05, 0) is 82.3 Å². The summed E-state index contributed by atoms with van der Waals surface area (Å²) >= 11 is 0. The van der Waals surface area contributed by atoms with Gasteiger partial charge in [-0.1, -0.05) is 43.0 Å². The van der Waals surface area contributed by atoms with E-state index in [0.29, 0.717) is 35.1 Å². The molecular weight excluding hydrogens is 534 g/mol. The van der Waals surface area contributed by atoms with Crippen molar-refractivity contribution in [3.8, 4) is 0 Å². The molecule has 6 rings (SSSR count). The highest BCUT2D eigenvalue weighted by Gasteiger charge is 2.54. The largest absolute Gasteiger partial charge is 0.461 e. The van der Waals surface area contributed by atoms with Crippen LogP contribution in [-0.4, -0.2) is 63.4 Å². The molecule has 2 bridgehead atoms. The monoisotopic (exact) mass is 577 g/mol. The van der Waals surface area contributed by atoms with Crippen LogP contribution >= 0.6 is 0 Å². The number of oxime groups is 1. The second kappa shape index (κ2) is 12.1. The Morgan fingerprint density at radius 3 is 2.57 bits per heavy atom. The minimum atomic E-state index is -0.845. The summed E-state index contributed by atoms with van der Waals surface area (Å²) in [5, 5.41) is 3.81. The Morgan fingerprint density at radius 2 is 1.83 bits per heavy atom. The minimum absolute atomic E-state index is 0.0782. The van der Waals surface area contributed by atoms with Crippen molar-refractivity contribution in [3.05, 3.63) is 40.3 Å². The molecule has 2 N–H and O–H groups in total. The molecule has 4 fully saturated rings. The van der Waals surface area contributed by atoms with Crippen molar-refractivity contribution in [2.24, 2.45) is 28.6 Å². The molecule has 1 aromatic heterocycles. The van der Waals surface area contributed by atoms with E-state index in [0.717, 1.165) is 18.3 Å². The van der Waals surface area contributed by atoms with E-state index in [1.54, 1.807) is 11.5 Å². The van der Waals surface area contributed by atoms with Crippen molar-refractivity contribution in [2.75, 3.05) is 13.2 Å². The van der Waals surface area contributed by atoms with E-state index in [1.165, 1.54) is 57.8 Å². The molecule has 1 aromatic carbocycles.